The Balaban J connectivity index is 1.49. The minimum absolute atomic E-state index is 0.0230. The highest BCUT2D eigenvalue weighted by Crippen LogP contribution is 2.18. The Bertz CT molecular complexity index is 681. The van der Waals surface area contributed by atoms with Gasteiger partial charge in [0.15, 0.2) is 11.6 Å². The van der Waals surface area contributed by atoms with E-state index in [1.807, 2.05) is 6.07 Å². The molecule has 0 atom stereocenters. The Hall–Kier alpha value is -2.48. The highest BCUT2D eigenvalue weighted by molar-refractivity contribution is 5.48. The predicted octanol–water partition coefficient (Wildman–Crippen LogP) is 2.08. The molecule has 24 heavy (non-hydrogen) atoms. The minimum atomic E-state index is -0.716. The fourth-order valence-electron chi connectivity index (χ4n) is 2.34. The van der Waals surface area contributed by atoms with Gasteiger partial charge in [-0.05, 0) is 12.1 Å². The number of morpholine rings is 1. The summed E-state index contributed by atoms with van der Waals surface area (Å²) in [5.41, 5.74) is 0. The number of aromatic nitrogens is 2. The van der Waals surface area contributed by atoms with Gasteiger partial charge < -0.3 is 19.7 Å². The second-order valence-corrected chi connectivity index (χ2v) is 5.21. The molecule has 1 aliphatic rings. The van der Waals surface area contributed by atoms with E-state index in [0.29, 0.717) is 25.6 Å². The molecule has 1 saturated heterocycles. The first-order chi connectivity index (χ1) is 11.7. The molecular weight excluding hydrogens is 318 g/mol. The molecule has 8 heteroatoms. The van der Waals surface area contributed by atoms with E-state index < -0.39 is 11.6 Å². The first-order valence-corrected chi connectivity index (χ1v) is 7.69. The maximum Gasteiger partial charge on any atom is 0.167 e. The molecule has 0 bridgehead atoms. The first kappa shape index (κ1) is 16.4. The van der Waals surface area contributed by atoms with Gasteiger partial charge in [-0.3, -0.25) is 0 Å². The molecule has 2 aromatic rings. The van der Waals surface area contributed by atoms with E-state index in [1.165, 1.54) is 12.4 Å². The fraction of sp³-hybridized carbons (Fsp3) is 0.375. The lowest BCUT2D eigenvalue weighted by Crippen LogP contribution is -2.36. The number of hydrogen-bond acceptors (Lipinski definition) is 6. The van der Waals surface area contributed by atoms with Crippen molar-refractivity contribution in [1.82, 2.24) is 9.97 Å². The van der Waals surface area contributed by atoms with E-state index in [0.717, 1.165) is 31.0 Å². The zero-order chi connectivity index (χ0) is 16.8. The van der Waals surface area contributed by atoms with E-state index in [1.54, 1.807) is 0 Å². The van der Waals surface area contributed by atoms with Gasteiger partial charge in [-0.15, -0.1) is 0 Å². The first-order valence-electron chi connectivity index (χ1n) is 7.69. The van der Waals surface area contributed by atoms with Gasteiger partial charge in [-0.1, -0.05) is 0 Å². The molecular formula is C16H18F2N4O2. The number of halogens is 2. The van der Waals surface area contributed by atoms with Crippen LogP contribution >= 0.6 is 0 Å². The second-order valence-electron chi connectivity index (χ2n) is 5.21. The van der Waals surface area contributed by atoms with E-state index in [-0.39, 0.29) is 12.4 Å². The van der Waals surface area contributed by atoms with Crippen LogP contribution in [0.3, 0.4) is 0 Å². The molecule has 0 radical (unpaired) electrons. The summed E-state index contributed by atoms with van der Waals surface area (Å²) >= 11 is 0. The summed E-state index contributed by atoms with van der Waals surface area (Å²) in [5.74, 6) is 0.173. The molecule has 1 aromatic heterocycles. The largest absolute Gasteiger partial charge is 0.489 e. The quantitative estimate of drug-likeness (QED) is 0.815. The molecule has 1 aliphatic heterocycles. The van der Waals surface area contributed by atoms with Crippen molar-refractivity contribution in [3.8, 4) is 5.75 Å². The average molecular weight is 336 g/mol. The maximum absolute atomic E-state index is 13.4. The standard InChI is InChI=1S/C16H18F2N4O2/c17-12-1-2-14(13(18)9-12)24-6-3-19-15-10-16(21-11-20-15)22-4-7-23-8-5-22/h1-2,9-11H,3-8H2,(H,19,20,21). The van der Waals surface area contributed by atoms with Crippen LogP contribution in [0.15, 0.2) is 30.6 Å². The lowest BCUT2D eigenvalue weighted by molar-refractivity contribution is 0.122. The predicted molar refractivity (Wildman–Crippen MR) is 85.4 cm³/mol. The average Bonchev–Trinajstić information content (AvgIpc) is 2.61. The van der Waals surface area contributed by atoms with Gasteiger partial charge in [0.2, 0.25) is 0 Å². The summed E-state index contributed by atoms with van der Waals surface area (Å²) in [5, 5.41) is 3.09. The number of hydrogen-bond donors (Lipinski definition) is 1. The van der Waals surface area contributed by atoms with Crippen LogP contribution in [0.25, 0.3) is 0 Å². The molecule has 6 nitrogen and oxygen atoms in total. The van der Waals surface area contributed by atoms with Crippen LogP contribution in [0.1, 0.15) is 0 Å². The van der Waals surface area contributed by atoms with Crippen LogP contribution in [-0.2, 0) is 4.74 Å². The smallest absolute Gasteiger partial charge is 0.167 e. The summed E-state index contributed by atoms with van der Waals surface area (Å²) in [6.45, 7) is 3.61. The van der Waals surface area contributed by atoms with Crippen molar-refractivity contribution in [1.29, 1.82) is 0 Å². The summed E-state index contributed by atoms with van der Waals surface area (Å²) < 4.78 is 36.9. The van der Waals surface area contributed by atoms with Crippen molar-refractivity contribution in [2.24, 2.45) is 0 Å². The molecule has 3 rings (SSSR count). The lowest BCUT2D eigenvalue weighted by Gasteiger charge is -2.27. The molecule has 1 fully saturated rings. The minimum Gasteiger partial charge on any atom is -0.489 e. The highest BCUT2D eigenvalue weighted by atomic mass is 19.1. The van der Waals surface area contributed by atoms with Crippen LogP contribution in [0.4, 0.5) is 20.4 Å². The van der Waals surface area contributed by atoms with Gasteiger partial charge in [-0.2, -0.15) is 0 Å². The Labute approximate surface area is 138 Å². The third-order valence-electron chi connectivity index (χ3n) is 3.55. The van der Waals surface area contributed by atoms with Crippen molar-refractivity contribution in [2.75, 3.05) is 49.7 Å². The number of ether oxygens (including phenoxy) is 2. The number of rotatable bonds is 6. The molecule has 0 saturated carbocycles. The Kier molecular flexibility index (Phi) is 5.37. The van der Waals surface area contributed by atoms with Crippen LogP contribution < -0.4 is 15.0 Å². The van der Waals surface area contributed by atoms with Crippen molar-refractivity contribution in [2.45, 2.75) is 0 Å². The molecule has 0 amide bonds. The normalized spacial score (nSPS) is 14.5. The number of benzene rings is 1. The third kappa shape index (κ3) is 4.29. The monoisotopic (exact) mass is 336 g/mol. The summed E-state index contributed by atoms with van der Waals surface area (Å²) in [4.78, 5) is 10.5. The van der Waals surface area contributed by atoms with Gasteiger partial charge >= 0.3 is 0 Å². The lowest BCUT2D eigenvalue weighted by atomic mass is 10.3. The van der Waals surface area contributed by atoms with Gasteiger partial charge in [0.25, 0.3) is 0 Å². The SMILES string of the molecule is Fc1ccc(OCCNc2cc(N3CCOCC3)ncn2)c(F)c1. The Morgan fingerprint density at radius 2 is 2.00 bits per heavy atom. The summed E-state index contributed by atoms with van der Waals surface area (Å²) in [7, 11) is 0. The molecule has 1 aromatic carbocycles. The Morgan fingerprint density at radius 3 is 2.79 bits per heavy atom. The Morgan fingerprint density at radius 1 is 1.17 bits per heavy atom. The van der Waals surface area contributed by atoms with E-state index >= 15 is 0 Å². The van der Waals surface area contributed by atoms with Gasteiger partial charge in [-0.25, -0.2) is 18.7 Å². The van der Waals surface area contributed by atoms with Gasteiger partial charge in [0.05, 0.1) is 19.8 Å². The number of nitrogens with one attached hydrogen (secondary N) is 1. The van der Waals surface area contributed by atoms with Gasteiger partial charge in [0.1, 0.15) is 30.4 Å². The van der Waals surface area contributed by atoms with Crippen molar-refractivity contribution in [3.05, 3.63) is 42.2 Å². The van der Waals surface area contributed by atoms with Crippen LogP contribution in [-0.4, -0.2) is 49.4 Å². The fourth-order valence-corrected chi connectivity index (χ4v) is 2.34. The summed E-state index contributed by atoms with van der Waals surface area (Å²) in [6.07, 6.45) is 1.49. The highest BCUT2D eigenvalue weighted by Gasteiger charge is 2.13. The van der Waals surface area contributed by atoms with Crippen molar-refractivity contribution >= 4 is 11.6 Å². The van der Waals surface area contributed by atoms with Crippen molar-refractivity contribution < 1.29 is 18.3 Å². The molecule has 0 aliphatic carbocycles. The van der Waals surface area contributed by atoms with Gasteiger partial charge in [0, 0.05) is 25.2 Å². The molecule has 0 spiro atoms. The van der Waals surface area contributed by atoms with E-state index in [2.05, 4.69) is 20.2 Å². The second kappa shape index (κ2) is 7.87. The maximum atomic E-state index is 13.4. The zero-order valence-electron chi connectivity index (χ0n) is 13.0. The molecule has 0 unspecified atom stereocenters. The molecule has 2 heterocycles. The zero-order valence-corrected chi connectivity index (χ0v) is 13.0. The van der Waals surface area contributed by atoms with Crippen molar-refractivity contribution in [3.63, 3.8) is 0 Å². The molecule has 128 valence electrons. The van der Waals surface area contributed by atoms with Crippen LogP contribution in [0.5, 0.6) is 5.75 Å². The van der Waals surface area contributed by atoms with Crippen LogP contribution in [0, 0.1) is 11.6 Å². The topological polar surface area (TPSA) is 59.5 Å². The summed E-state index contributed by atoms with van der Waals surface area (Å²) in [6, 6.07) is 5.07. The number of nitrogens with zero attached hydrogens (tertiary/aromatic N) is 3. The number of anilines is 2. The van der Waals surface area contributed by atoms with E-state index in [4.69, 9.17) is 9.47 Å². The van der Waals surface area contributed by atoms with E-state index in [9.17, 15) is 8.78 Å². The third-order valence-corrected chi connectivity index (χ3v) is 3.55. The molecule has 1 N–H and O–H groups in total. The van der Waals surface area contributed by atoms with Crippen LogP contribution in [0.2, 0.25) is 0 Å².